The molecule has 0 bridgehead atoms. The van der Waals surface area contributed by atoms with E-state index in [-0.39, 0.29) is 36.5 Å². The number of carbonyl (C=O) groups excluding carboxylic acids is 2. The Morgan fingerprint density at radius 1 is 0.972 bits per heavy atom. The van der Waals surface area contributed by atoms with E-state index in [1.807, 2.05) is 49.4 Å². The smallest absolute Gasteiger partial charge is 0.258 e. The van der Waals surface area contributed by atoms with Crippen molar-refractivity contribution in [3.63, 3.8) is 0 Å². The van der Waals surface area contributed by atoms with Crippen LogP contribution in [0.3, 0.4) is 0 Å². The lowest BCUT2D eigenvalue weighted by Gasteiger charge is -2.12. The number of carbonyl (C=O) groups is 2. The molecule has 0 unspecified atom stereocenters. The largest absolute Gasteiger partial charge is 0.484 e. The summed E-state index contributed by atoms with van der Waals surface area (Å²) in [5, 5.41) is 14.5. The lowest BCUT2D eigenvalue weighted by Crippen LogP contribution is -2.29. The monoisotopic (exact) mass is 505 g/mol. The maximum Gasteiger partial charge on any atom is 0.258 e. The number of nitrogens with zero attached hydrogens (tertiary/aromatic N) is 3. The first-order chi connectivity index (χ1) is 17.5. The Balaban J connectivity index is 1.42. The molecule has 0 radical (unpaired) electrons. The van der Waals surface area contributed by atoms with Gasteiger partial charge in [-0.15, -0.1) is 10.2 Å². The van der Waals surface area contributed by atoms with Crippen molar-refractivity contribution in [3.05, 3.63) is 96.1 Å². The van der Waals surface area contributed by atoms with E-state index in [0.717, 1.165) is 11.3 Å². The van der Waals surface area contributed by atoms with Gasteiger partial charge in [0.1, 0.15) is 11.6 Å². The van der Waals surface area contributed by atoms with E-state index in [0.29, 0.717) is 22.4 Å². The van der Waals surface area contributed by atoms with Gasteiger partial charge in [-0.2, -0.15) is 0 Å². The lowest BCUT2D eigenvalue weighted by molar-refractivity contribution is -0.123. The summed E-state index contributed by atoms with van der Waals surface area (Å²) in [6, 6.07) is 22.4. The van der Waals surface area contributed by atoms with Crippen molar-refractivity contribution < 1.29 is 18.7 Å². The molecule has 0 aliphatic heterocycles. The number of anilines is 1. The van der Waals surface area contributed by atoms with Crippen LogP contribution in [0.4, 0.5) is 10.1 Å². The molecular weight excluding hydrogens is 481 g/mol. The first-order valence-corrected chi connectivity index (χ1v) is 12.1. The van der Waals surface area contributed by atoms with Crippen LogP contribution in [-0.2, 0) is 16.1 Å². The molecule has 8 nitrogen and oxygen atoms in total. The summed E-state index contributed by atoms with van der Waals surface area (Å²) in [5.74, 6) is 0.241. The highest BCUT2D eigenvalue weighted by atomic mass is 32.2. The third kappa shape index (κ3) is 6.92. The number of hydrogen-bond donors (Lipinski definition) is 2. The normalized spacial score (nSPS) is 10.6. The second-order valence-corrected chi connectivity index (χ2v) is 8.74. The molecule has 2 N–H and O–H groups in total. The number of amides is 2. The van der Waals surface area contributed by atoms with E-state index in [1.54, 1.807) is 16.7 Å². The van der Waals surface area contributed by atoms with Crippen molar-refractivity contribution in [3.8, 4) is 11.4 Å². The predicted octanol–water partition coefficient (Wildman–Crippen LogP) is 4.14. The van der Waals surface area contributed by atoms with E-state index in [2.05, 4.69) is 20.8 Å². The third-order valence-electron chi connectivity index (χ3n) is 4.98. The zero-order valence-electron chi connectivity index (χ0n) is 19.5. The summed E-state index contributed by atoms with van der Waals surface area (Å²) in [5.41, 5.74) is 2.35. The number of para-hydroxylation sites is 1. The molecule has 10 heteroatoms. The van der Waals surface area contributed by atoms with Crippen LogP contribution in [0.15, 0.2) is 84.0 Å². The van der Waals surface area contributed by atoms with Gasteiger partial charge >= 0.3 is 0 Å². The Morgan fingerprint density at radius 3 is 2.50 bits per heavy atom. The molecule has 2 amide bonds. The summed E-state index contributed by atoms with van der Waals surface area (Å²) in [6.45, 7) is 1.97. The molecular formula is C26H24FN5O3S. The molecule has 1 aromatic heterocycles. The second-order valence-electron chi connectivity index (χ2n) is 7.80. The van der Waals surface area contributed by atoms with Crippen molar-refractivity contribution >= 4 is 29.3 Å². The topological polar surface area (TPSA) is 98.1 Å². The number of benzene rings is 3. The van der Waals surface area contributed by atoms with Crippen LogP contribution in [0.5, 0.6) is 5.75 Å². The highest BCUT2D eigenvalue weighted by Crippen LogP contribution is 2.23. The molecule has 184 valence electrons. The molecule has 0 saturated heterocycles. The Morgan fingerprint density at radius 2 is 1.75 bits per heavy atom. The highest BCUT2D eigenvalue weighted by Gasteiger charge is 2.17. The van der Waals surface area contributed by atoms with Gasteiger partial charge in [-0.3, -0.25) is 14.2 Å². The number of aryl methyl sites for hydroxylation is 1. The minimum atomic E-state index is -0.375. The van der Waals surface area contributed by atoms with Crippen molar-refractivity contribution in [2.45, 2.75) is 18.6 Å². The zero-order valence-corrected chi connectivity index (χ0v) is 20.3. The molecule has 0 atom stereocenters. The first-order valence-electron chi connectivity index (χ1n) is 11.1. The Bertz CT molecular complexity index is 1330. The summed E-state index contributed by atoms with van der Waals surface area (Å²) >= 11 is 1.21. The SMILES string of the molecule is Cc1cccc(-n2c(CNC(=O)COc3ccccc3)nnc2SCC(=O)Nc2ccc(F)cc2)c1. The van der Waals surface area contributed by atoms with Crippen molar-refractivity contribution in [1.29, 1.82) is 0 Å². The van der Waals surface area contributed by atoms with Crippen LogP contribution < -0.4 is 15.4 Å². The Kier molecular flexibility index (Phi) is 8.30. The average molecular weight is 506 g/mol. The fourth-order valence-corrected chi connectivity index (χ4v) is 4.06. The van der Waals surface area contributed by atoms with Crippen LogP contribution >= 0.6 is 11.8 Å². The summed E-state index contributed by atoms with van der Waals surface area (Å²) in [6.07, 6.45) is 0. The standard InChI is InChI=1S/C26H24FN5O3S/c1-18-6-5-7-21(14-18)32-23(15-28-24(33)16-35-22-8-3-2-4-9-22)30-31-26(32)36-17-25(34)29-20-12-10-19(27)11-13-20/h2-14H,15-17H2,1H3,(H,28,33)(H,29,34). The van der Waals surface area contributed by atoms with Crippen molar-refractivity contribution in [1.82, 2.24) is 20.1 Å². The molecule has 4 aromatic rings. The average Bonchev–Trinajstić information content (AvgIpc) is 3.30. The minimum absolute atomic E-state index is 0.0681. The van der Waals surface area contributed by atoms with E-state index in [1.165, 1.54) is 36.0 Å². The molecule has 36 heavy (non-hydrogen) atoms. The zero-order chi connectivity index (χ0) is 25.3. The van der Waals surface area contributed by atoms with Gasteiger partial charge in [-0.05, 0) is 61.0 Å². The maximum absolute atomic E-state index is 13.1. The summed E-state index contributed by atoms with van der Waals surface area (Å²) < 4.78 is 20.4. The fraction of sp³-hybridized carbons (Fsp3) is 0.154. The van der Waals surface area contributed by atoms with Crippen LogP contribution in [0.2, 0.25) is 0 Å². The van der Waals surface area contributed by atoms with Gasteiger partial charge in [0.15, 0.2) is 17.6 Å². The van der Waals surface area contributed by atoms with Crippen LogP contribution in [-0.4, -0.2) is 38.9 Å². The Hall–Kier alpha value is -4.18. The molecule has 0 spiro atoms. The quantitative estimate of drug-likeness (QED) is 0.315. The summed E-state index contributed by atoms with van der Waals surface area (Å²) in [4.78, 5) is 24.8. The van der Waals surface area contributed by atoms with Gasteiger partial charge in [-0.25, -0.2) is 4.39 Å². The number of ether oxygens (including phenoxy) is 1. The predicted molar refractivity (Wildman–Crippen MR) is 136 cm³/mol. The van der Waals surface area contributed by atoms with Gasteiger partial charge in [0.05, 0.1) is 12.3 Å². The molecule has 0 aliphatic rings. The second kappa shape index (κ2) is 12.0. The molecule has 0 fully saturated rings. The molecule has 0 aliphatic carbocycles. The number of halogens is 1. The van der Waals surface area contributed by atoms with Gasteiger partial charge < -0.3 is 15.4 Å². The van der Waals surface area contributed by atoms with Crippen molar-refractivity contribution in [2.75, 3.05) is 17.7 Å². The molecule has 0 saturated carbocycles. The number of thioether (sulfide) groups is 1. The van der Waals surface area contributed by atoms with E-state index < -0.39 is 0 Å². The Labute approximate surface area is 211 Å². The van der Waals surface area contributed by atoms with Gasteiger partial charge in [0.2, 0.25) is 5.91 Å². The number of hydrogen-bond acceptors (Lipinski definition) is 6. The number of rotatable bonds is 10. The van der Waals surface area contributed by atoms with Gasteiger partial charge in [-0.1, -0.05) is 42.1 Å². The van der Waals surface area contributed by atoms with E-state index in [4.69, 9.17) is 4.74 Å². The highest BCUT2D eigenvalue weighted by molar-refractivity contribution is 7.99. The molecule has 4 rings (SSSR count). The van der Waals surface area contributed by atoms with E-state index >= 15 is 0 Å². The summed E-state index contributed by atoms with van der Waals surface area (Å²) in [7, 11) is 0. The third-order valence-corrected chi connectivity index (χ3v) is 5.91. The lowest BCUT2D eigenvalue weighted by atomic mass is 10.2. The molecule has 1 heterocycles. The van der Waals surface area contributed by atoms with Gasteiger partial charge in [0.25, 0.3) is 5.91 Å². The minimum Gasteiger partial charge on any atom is -0.484 e. The van der Waals surface area contributed by atoms with E-state index in [9.17, 15) is 14.0 Å². The molecule has 3 aromatic carbocycles. The maximum atomic E-state index is 13.1. The number of nitrogens with one attached hydrogen (secondary N) is 2. The van der Waals surface area contributed by atoms with Crippen molar-refractivity contribution in [2.24, 2.45) is 0 Å². The van der Waals surface area contributed by atoms with Gasteiger partial charge in [0, 0.05) is 11.4 Å². The number of aromatic nitrogens is 3. The first kappa shape index (κ1) is 24.9. The van der Waals surface area contributed by atoms with Crippen LogP contribution in [0.1, 0.15) is 11.4 Å². The fourth-order valence-electron chi connectivity index (χ4n) is 3.29. The van der Waals surface area contributed by atoms with Crippen LogP contribution in [0, 0.1) is 12.7 Å². The van der Waals surface area contributed by atoms with Crippen LogP contribution in [0.25, 0.3) is 5.69 Å².